The number of nitrogens with one attached hydrogen (secondary N) is 1. The van der Waals surface area contributed by atoms with Crippen molar-refractivity contribution in [1.82, 2.24) is 9.55 Å². The van der Waals surface area contributed by atoms with Crippen molar-refractivity contribution in [3.63, 3.8) is 0 Å². The first-order valence-electron chi connectivity index (χ1n) is 6.57. The molecule has 0 saturated carbocycles. The molecular formula is C16H12ClN3O2. The smallest absolute Gasteiger partial charge is 0.261 e. The fourth-order valence-corrected chi connectivity index (χ4v) is 2.62. The van der Waals surface area contributed by atoms with E-state index in [1.165, 1.54) is 12.4 Å². The highest BCUT2D eigenvalue weighted by molar-refractivity contribution is 6.35. The number of anilines is 1. The van der Waals surface area contributed by atoms with Gasteiger partial charge < -0.3 is 9.88 Å². The summed E-state index contributed by atoms with van der Waals surface area (Å²) in [5.74, 6) is -0.476. The fraction of sp³-hybridized carbons (Fsp3) is 0.0625. The van der Waals surface area contributed by atoms with Gasteiger partial charge in [0.25, 0.3) is 5.91 Å². The van der Waals surface area contributed by atoms with E-state index in [0.29, 0.717) is 21.6 Å². The molecule has 0 aliphatic carbocycles. The predicted octanol–water partition coefficient (Wildman–Crippen LogP) is 2.84. The topological polar surface area (TPSA) is 64.0 Å². The first-order valence-corrected chi connectivity index (χ1v) is 6.95. The zero-order valence-corrected chi connectivity index (χ0v) is 12.5. The lowest BCUT2D eigenvalue weighted by Gasteiger charge is -2.10. The van der Waals surface area contributed by atoms with E-state index in [4.69, 9.17) is 11.6 Å². The Kier molecular flexibility index (Phi) is 3.65. The second kappa shape index (κ2) is 5.61. The van der Waals surface area contributed by atoms with Gasteiger partial charge in [0.05, 0.1) is 22.4 Å². The van der Waals surface area contributed by atoms with E-state index in [9.17, 15) is 9.59 Å². The molecule has 0 bridgehead atoms. The number of hydrogen-bond acceptors (Lipinski definition) is 3. The Bertz CT molecular complexity index is 920. The molecular weight excluding hydrogens is 302 g/mol. The molecule has 0 aliphatic rings. The number of pyridine rings is 2. The second-order valence-corrected chi connectivity index (χ2v) is 5.22. The number of aromatic nitrogens is 2. The molecule has 22 heavy (non-hydrogen) atoms. The van der Waals surface area contributed by atoms with Crippen LogP contribution in [0.3, 0.4) is 0 Å². The molecule has 1 amide bonds. The van der Waals surface area contributed by atoms with Gasteiger partial charge in [0.1, 0.15) is 5.56 Å². The van der Waals surface area contributed by atoms with Crippen LogP contribution in [0.2, 0.25) is 5.02 Å². The molecule has 1 aromatic carbocycles. The Morgan fingerprint density at radius 2 is 2.09 bits per heavy atom. The molecule has 6 heteroatoms. The Morgan fingerprint density at radius 3 is 2.82 bits per heavy atom. The van der Waals surface area contributed by atoms with Crippen molar-refractivity contribution in [2.75, 3.05) is 5.32 Å². The Hall–Kier alpha value is -2.66. The Balaban J connectivity index is 2.10. The van der Waals surface area contributed by atoms with E-state index in [1.54, 1.807) is 48.1 Å². The summed E-state index contributed by atoms with van der Waals surface area (Å²) in [5.41, 5.74) is 0.839. The highest BCUT2D eigenvalue weighted by Crippen LogP contribution is 2.21. The summed E-state index contributed by atoms with van der Waals surface area (Å²) >= 11 is 6.13. The number of carbonyl (C=O) groups excluding carboxylic acids is 1. The molecule has 0 fully saturated rings. The molecule has 1 N–H and O–H groups in total. The Labute approximate surface area is 131 Å². The summed E-state index contributed by atoms with van der Waals surface area (Å²) in [4.78, 5) is 28.8. The molecule has 110 valence electrons. The van der Waals surface area contributed by atoms with Gasteiger partial charge in [-0.2, -0.15) is 0 Å². The van der Waals surface area contributed by atoms with Crippen molar-refractivity contribution in [2.45, 2.75) is 0 Å². The minimum Gasteiger partial charge on any atom is -0.348 e. The molecule has 2 heterocycles. The predicted molar refractivity (Wildman–Crippen MR) is 86.4 cm³/mol. The first kappa shape index (κ1) is 14.3. The molecule has 0 aliphatic heterocycles. The van der Waals surface area contributed by atoms with Gasteiger partial charge in [0.15, 0.2) is 0 Å². The van der Waals surface area contributed by atoms with Crippen molar-refractivity contribution < 1.29 is 4.79 Å². The minimum absolute atomic E-state index is 0.0566. The molecule has 3 aromatic rings. The number of benzene rings is 1. The average molecular weight is 314 g/mol. The summed E-state index contributed by atoms with van der Waals surface area (Å²) in [6.45, 7) is 0. The standard InChI is InChI=1S/C16H12ClN3O2/c1-20-9-12(16(22)19-10-4-3-7-18-8-10)15(21)11-5-2-6-13(17)14(11)20/h2-9H,1H3,(H,19,22). The van der Waals surface area contributed by atoms with Gasteiger partial charge in [-0.15, -0.1) is 0 Å². The number of aryl methyl sites for hydroxylation is 1. The summed E-state index contributed by atoms with van der Waals surface area (Å²) in [6, 6.07) is 8.46. The molecule has 0 radical (unpaired) electrons. The number of nitrogens with zero attached hydrogens (tertiary/aromatic N) is 2. The van der Waals surface area contributed by atoms with Crippen LogP contribution in [0.15, 0.2) is 53.7 Å². The largest absolute Gasteiger partial charge is 0.348 e. The third-order valence-corrected chi connectivity index (χ3v) is 3.62. The van der Waals surface area contributed by atoms with E-state index in [-0.39, 0.29) is 11.0 Å². The van der Waals surface area contributed by atoms with Crippen molar-refractivity contribution in [3.05, 3.63) is 69.7 Å². The SMILES string of the molecule is Cn1cc(C(=O)Nc2cccnc2)c(=O)c2cccc(Cl)c21. The summed E-state index contributed by atoms with van der Waals surface area (Å²) < 4.78 is 1.68. The van der Waals surface area contributed by atoms with E-state index in [2.05, 4.69) is 10.3 Å². The highest BCUT2D eigenvalue weighted by atomic mass is 35.5. The molecule has 0 saturated heterocycles. The van der Waals surface area contributed by atoms with Crippen LogP contribution in [0, 0.1) is 0 Å². The van der Waals surface area contributed by atoms with Crippen LogP contribution in [-0.4, -0.2) is 15.5 Å². The van der Waals surface area contributed by atoms with E-state index >= 15 is 0 Å². The molecule has 3 rings (SSSR count). The van der Waals surface area contributed by atoms with Gasteiger partial charge in [-0.05, 0) is 24.3 Å². The molecule has 5 nitrogen and oxygen atoms in total. The van der Waals surface area contributed by atoms with E-state index in [1.807, 2.05) is 0 Å². The second-order valence-electron chi connectivity index (χ2n) is 4.81. The quantitative estimate of drug-likeness (QED) is 0.791. The molecule has 0 spiro atoms. The monoisotopic (exact) mass is 313 g/mol. The van der Waals surface area contributed by atoms with Gasteiger partial charge in [-0.1, -0.05) is 17.7 Å². The highest BCUT2D eigenvalue weighted by Gasteiger charge is 2.15. The molecule has 2 aromatic heterocycles. The van der Waals surface area contributed by atoms with E-state index in [0.717, 1.165) is 0 Å². The number of amides is 1. The Morgan fingerprint density at radius 1 is 1.27 bits per heavy atom. The van der Waals surface area contributed by atoms with Crippen molar-refractivity contribution in [3.8, 4) is 0 Å². The zero-order chi connectivity index (χ0) is 15.7. The van der Waals surface area contributed by atoms with Crippen LogP contribution < -0.4 is 10.7 Å². The summed E-state index contributed by atoms with van der Waals surface area (Å²) in [7, 11) is 1.74. The van der Waals surface area contributed by atoms with Gasteiger partial charge in [-0.3, -0.25) is 14.6 Å². The number of rotatable bonds is 2. The van der Waals surface area contributed by atoms with Crippen molar-refractivity contribution in [2.24, 2.45) is 7.05 Å². The van der Waals surface area contributed by atoms with E-state index < -0.39 is 5.91 Å². The van der Waals surface area contributed by atoms with Crippen LogP contribution >= 0.6 is 11.6 Å². The maximum atomic E-state index is 12.5. The maximum absolute atomic E-state index is 12.5. The van der Waals surface area contributed by atoms with Gasteiger partial charge in [-0.25, -0.2) is 0 Å². The lowest BCUT2D eigenvalue weighted by atomic mass is 10.1. The third-order valence-electron chi connectivity index (χ3n) is 3.32. The minimum atomic E-state index is -0.476. The lowest BCUT2D eigenvalue weighted by Crippen LogP contribution is -2.23. The van der Waals surface area contributed by atoms with Crippen LogP contribution in [0.25, 0.3) is 10.9 Å². The maximum Gasteiger partial charge on any atom is 0.261 e. The number of carbonyl (C=O) groups is 1. The number of fused-ring (bicyclic) bond motifs is 1. The summed E-state index contributed by atoms with van der Waals surface area (Å²) in [6.07, 6.45) is 4.61. The summed E-state index contributed by atoms with van der Waals surface area (Å²) in [5, 5.41) is 3.54. The van der Waals surface area contributed by atoms with Crippen LogP contribution in [0.5, 0.6) is 0 Å². The number of para-hydroxylation sites is 1. The normalized spacial score (nSPS) is 10.6. The van der Waals surface area contributed by atoms with Crippen LogP contribution in [-0.2, 0) is 7.05 Å². The third kappa shape index (κ3) is 2.46. The number of hydrogen-bond donors (Lipinski definition) is 1. The molecule has 0 unspecified atom stereocenters. The van der Waals surface area contributed by atoms with Gasteiger partial charge >= 0.3 is 0 Å². The lowest BCUT2D eigenvalue weighted by molar-refractivity contribution is 0.102. The average Bonchev–Trinajstić information content (AvgIpc) is 2.51. The van der Waals surface area contributed by atoms with Crippen molar-refractivity contribution in [1.29, 1.82) is 0 Å². The van der Waals surface area contributed by atoms with Crippen LogP contribution in [0.1, 0.15) is 10.4 Å². The van der Waals surface area contributed by atoms with Gasteiger partial charge in [0, 0.05) is 24.8 Å². The first-order chi connectivity index (χ1) is 10.6. The zero-order valence-electron chi connectivity index (χ0n) is 11.7. The fourth-order valence-electron chi connectivity index (χ4n) is 2.32. The van der Waals surface area contributed by atoms with Gasteiger partial charge in [0.2, 0.25) is 5.43 Å². The number of halogens is 1. The van der Waals surface area contributed by atoms with Crippen LogP contribution in [0.4, 0.5) is 5.69 Å². The van der Waals surface area contributed by atoms with Crippen molar-refractivity contribution >= 4 is 34.1 Å². The molecule has 0 atom stereocenters.